The molecule has 1 aliphatic rings. The molecule has 2 N–H and O–H groups in total. The highest BCUT2D eigenvalue weighted by atomic mass is 15.2. The number of hydrogen-bond acceptors (Lipinski definition) is 3. The molecule has 0 spiro atoms. The average Bonchev–Trinajstić information content (AvgIpc) is 2.88. The molecule has 0 fully saturated rings. The standard InChI is InChI=1S/C15H20N4/c1-2-6-14-13(5-1)7-12-19(14)11-4-10-18-15-16-8-3-9-17-15/h1-2,5-7,12H,3-4,8-11H2,(H2,16,17,18). The summed E-state index contributed by atoms with van der Waals surface area (Å²) < 4.78 is 2.31. The predicted molar refractivity (Wildman–Crippen MR) is 79.5 cm³/mol. The topological polar surface area (TPSA) is 41.4 Å². The Balaban J connectivity index is 1.51. The summed E-state index contributed by atoms with van der Waals surface area (Å²) >= 11 is 0. The Hall–Kier alpha value is -1.97. The SMILES string of the molecule is c1ccc2c(c1)ccn2CCCNC1=NCCCN1. The van der Waals surface area contributed by atoms with Gasteiger partial charge in [-0.25, -0.2) is 0 Å². The molecule has 1 aromatic heterocycles. The summed E-state index contributed by atoms with van der Waals surface area (Å²) in [5.74, 6) is 0.962. The Morgan fingerprint density at radius 2 is 2.21 bits per heavy atom. The van der Waals surface area contributed by atoms with Crippen molar-refractivity contribution in [2.45, 2.75) is 19.4 Å². The van der Waals surface area contributed by atoms with E-state index >= 15 is 0 Å². The Morgan fingerprint density at radius 3 is 3.11 bits per heavy atom. The third-order valence-electron chi connectivity index (χ3n) is 3.45. The number of fused-ring (bicyclic) bond motifs is 1. The van der Waals surface area contributed by atoms with Gasteiger partial charge in [-0.1, -0.05) is 18.2 Å². The van der Waals surface area contributed by atoms with Crippen molar-refractivity contribution in [3.63, 3.8) is 0 Å². The maximum absolute atomic E-state index is 4.40. The molecule has 0 radical (unpaired) electrons. The smallest absolute Gasteiger partial charge is 0.191 e. The van der Waals surface area contributed by atoms with Crippen molar-refractivity contribution in [1.82, 2.24) is 15.2 Å². The molecule has 3 rings (SSSR count). The highest BCUT2D eigenvalue weighted by molar-refractivity contribution is 5.80. The fourth-order valence-corrected chi connectivity index (χ4v) is 2.44. The molecule has 1 aromatic carbocycles. The normalized spacial score (nSPS) is 15.1. The van der Waals surface area contributed by atoms with Gasteiger partial charge in [0.15, 0.2) is 5.96 Å². The van der Waals surface area contributed by atoms with Crippen molar-refractivity contribution in [1.29, 1.82) is 0 Å². The summed E-state index contributed by atoms with van der Waals surface area (Å²) in [5, 5.41) is 7.95. The molecule has 2 heterocycles. The van der Waals surface area contributed by atoms with Gasteiger partial charge in [0.05, 0.1) is 0 Å². The minimum absolute atomic E-state index is 0.942. The first kappa shape index (κ1) is 12.1. The van der Waals surface area contributed by atoms with Gasteiger partial charge in [-0.2, -0.15) is 0 Å². The molecule has 1 aliphatic heterocycles. The monoisotopic (exact) mass is 256 g/mol. The van der Waals surface area contributed by atoms with Crippen LogP contribution in [0.25, 0.3) is 10.9 Å². The van der Waals surface area contributed by atoms with Gasteiger partial charge in [-0.3, -0.25) is 4.99 Å². The zero-order chi connectivity index (χ0) is 12.9. The van der Waals surface area contributed by atoms with Crippen LogP contribution in [-0.2, 0) is 6.54 Å². The maximum Gasteiger partial charge on any atom is 0.191 e. The van der Waals surface area contributed by atoms with Crippen LogP contribution < -0.4 is 10.6 Å². The fraction of sp³-hybridized carbons (Fsp3) is 0.400. The van der Waals surface area contributed by atoms with E-state index in [1.807, 2.05) is 0 Å². The second kappa shape index (κ2) is 5.78. The number of para-hydroxylation sites is 1. The molecule has 19 heavy (non-hydrogen) atoms. The summed E-state index contributed by atoms with van der Waals surface area (Å²) in [6.07, 6.45) is 4.40. The molecule has 0 bridgehead atoms. The highest BCUT2D eigenvalue weighted by Crippen LogP contribution is 2.15. The minimum atomic E-state index is 0.942. The van der Waals surface area contributed by atoms with E-state index in [9.17, 15) is 0 Å². The molecule has 100 valence electrons. The largest absolute Gasteiger partial charge is 0.356 e. The lowest BCUT2D eigenvalue weighted by Gasteiger charge is -2.16. The van der Waals surface area contributed by atoms with Gasteiger partial charge in [-0.15, -0.1) is 0 Å². The Kier molecular flexibility index (Phi) is 3.68. The zero-order valence-electron chi connectivity index (χ0n) is 11.1. The maximum atomic E-state index is 4.40. The second-order valence-electron chi connectivity index (χ2n) is 4.86. The van der Waals surface area contributed by atoms with Crippen LogP contribution in [-0.4, -0.2) is 30.2 Å². The molecule has 2 aromatic rings. The number of nitrogens with one attached hydrogen (secondary N) is 2. The molecule has 0 saturated carbocycles. The third kappa shape index (κ3) is 2.89. The molecular formula is C15H20N4. The molecule has 0 aliphatic carbocycles. The molecule has 0 amide bonds. The molecule has 4 heteroatoms. The van der Waals surface area contributed by atoms with Crippen molar-refractivity contribution in [3.05, 3.63) is 36.5 Å². The second-order valence-corrected chi connectivity index (χ2v) is 4.86. The van der Waals surface area contributed by atoms with E-state index in [1.54, 1.807) is 0 Å². The van der Waals surface area contributed by atoms with E-state index in [0.717, 1.165) is 45.0 Å². The summed E-state index contributed by atoms with van der Waals surface area (Å²) in [7, 11) is 0. The van der Waals surface area contributed by atoms with E-state index in [0.29, 0.717) is 0 Å². The van der Waals surface area contributed by atoms with Crippen molar-refractivity contribution in [2.24, 2.45) is 4.99 Å². The van der Waals surface area contributed by atoms with Crippen molar-refractivity contribution in [3.8, 4) is 0 Å². The van der Waals surface area contributed by atoms with Gasteiger partial charge in [-0.05, 0) is 30.4 Å². The van der Waals surface area contributed by atoms with Crippen LogP contribution in [0.3, 0.4) is 0 Å². The van der Waals surface area contributed by atoms with Crippen LogP contribution in [0, 0.1) is 0 Å². The predicted octanol–water partition coefficient (Wildman–Crippen LogP) is 1.97. The summed E-state index contributed by atoms with van der Waals surface area (Å²) in [6.45, 7) is 3.97. The molecular weight excluding hydrogens is 236 g/mol. The number of guanidine groups is 1. The first-order valence-electron chi connectivity index (χ1n) is 6.99. The van der Waals surface area contributed by atoms with E-state index in [1.165, 1.54) is 10.9 Å². The number of nitrogens with zero attached hydrogens (tertiary/aromatic N) is 2. The summed E-state index contributed by atoms with van der Waals surface area (Å²) in [5.41, 5.74) is 1.32. The zero-order valence-corrected chi connectivity index (χ0v) is 11.1. The van der Waals surface area contributed by atoms with E-state index in [2.05, 4.69) is 56.7 Å². The first-order valence-corrected chi connectivity index (χ1v) is 6.99. The Bertz CT molecular complexity index is 570. The Labute approximate surface area is 113 Å². The molecule has 4 nitrogen and oxygen atoms in total. The van der Waals surface area contributed by atoms with Crippen LogP contribution in [0.4, 0.5) is 0 Å². The van der Waals surface area contributed by atoms with E-state index in [-0.39, 0.29) is 0 Å². The molecule has 0 atom stereocenters. The summed E-state index contributed by atoms with van der Waals surface area (Å²) in [6, 6.07) is 10.7. The average molecular weight is 256 g/mol. The van der Waals surface area contributed by atoms with Crippen molar-refractivity contribution >= 4 is 16.9 Å². The quantitative estimate of drug-likeness (QED) is 0.821. The number of aryl methyl sites for hydroxylation is 1. The molecule has 0 unspecified atom stereocenters. The van der Waals surface area contributed by atoms with Crippen molar-refractivity contribution < 1.29 is 0 Å². The van der Waals surface area contributed by atoms with Gasteiger partial charge >= 0.3 is 0 Å². The number of aromatic nitrogens is 1. The lowest BCUT2D eigenvalue weighted by molar-refractivity contribution is 0.630. The number of benzene rings is 1. The lowest BCUT2D eigenvalue weighted by Crippen LogP contribution is -2.41. The van der Waals surface area contributed by atoms with Crippen molar-refractivity contribution in [2.75, 3.05) is 19.6 Å². The molecule has 0 saturated heterocycles. The first-order chi connectivity index (χ1) is 9.43. The third-order valence-corrected chi connectivity index (χ3v) is 3.45. The number of aliphatic imine (C=N–C) groups is 1. The lowest BCUT2D eigenvalue weighted by atomic mass is 10.2. The minimum Gasteiger partial charge on any atom is -0.356 e. The fourth-order valence-electron chi connectivity index (χ4n) is 2.44. The van der Waals surface area contributed by atoms with Crippen LogP contribution in [0.2, 0.25) is 0 Å². The van der Waals surface area contributed by atoms with Gasteiger partial charge in [0.1, 0.15) is 0 Å². The Morgan fingerprint density at radius 1 is 1.26 bits per heavy atom. The van der Waals surface area contributed by atoms with E-state index < -0.39 is 0 Å². The van der Waals surface area contributed by atoms with Gasteiger partial charge in [0.2, 0.25) is 0 Å². The van der Waals surface area contributed by atoms with Gasteiger partial charge < -0.3 is 15.2 Å². The highest BCUT2D eigenvalue weighted by Gasteiger charge is 2.03. The number of rotatable bonds is 4. The van der Waals surface area contributed by atoms with Gasteiger partial charge in [0, 0.05) is 37.9 Å². The van der Waals surface area contributed by atoms with Gasteiger partial charge in [0.25, 0.3) is 0 Å². The van der Waals surface area contributed by atoms with Crippen LogP contribution in [0.1, 0.15) is 12.8 Å². The number of hydrogen-bond donors (Lipinski definition) is 2. The van der Waals surface area contributed by atoms with E-state index in [4.69, 9.17) is 0 Å². The summed E-state index contributed by atoms with van der Waals surface area (Å²) in [4.78, 5) is 4.40. The van der Waals surface area contributed by atoms with Crippen LogP contribution in [0.5, 0.6) is 0 Å². The van der Waals surface area contributed by atoms with Crippen LogP contribution in [0.15, 0.2) is 41.5 Å². The van der Waals surface area contributed by atoms with Crippen LogP contribution >= 0.6 is 0 Å².